The second kappa shape index (κ2) is 5.31. The summed E-state index contributed by atoms with van der Waals surface area (Å²) in [5.41, 5.74) is 3.06. The van der Waals surface area contributed by atoms with E-state index in [0.717, 1.165) is 22.1 Å². The molecule has 22 heavy (non-hydrogen) atoms. The monoisotopic (exact) mass is 308 g/mol. The normalized spacial score (nSPS) is 12.7. The van der Waals surface area contributed by atoms with Crippen LogP contribution in [0.4, 0.5) is 0 Å². The van der Waals surface area contributed by atoms with Crippen molar-refractivity contribution in [2.75, 3.05) is 0 Å². The molecule has 1 aromatic carbocycles. The molecule has 6 heteroatoms. The van der Waals surface area contributed by atoms with E-state index in [-0.39, 0.29) is 0 Å². The predicted octanol–water partition coefficient (Wildman–Crippen LogP) is 2.81. The topological polar surface area (TPSA) is 71.5 Å². The summed E-state index contributed by atoms with van der Waals surface area (Å²) in [5.74, 6) is 0.324. The Morgan fingerprint density at radius 3 is 2.82 bits per heavy atom. The molecular weight excluding hydrogens is 296 g/mol. The fourth-order valence-corrected chi connectivity index (χ4v) is 3.30. The minimum absolute atomic E-state index is 0.324. The minimum Gasteiger partial charge on any atom is -0.329 e. The van der Waals surface area contributed by atoms with E-state index in [1.165, 1.54) is 0 Å². The number of hydrogen-bond acceptors (Lipinski definition) is 4. The molecule has 0 amide bonds. The molecule has 1 atom stereocenters. The fourth-order valence-electron chi connectivity index (χ4n) is 2.32. The van der Waals surface area contributed by atoms with Crippen molar-refractivity contribution in [3.63, 3.8) is 0 Å². The van der Waals surface area contributed by atoms with Crippen molar-refractivity contribution in [2.45, 2.75) is 10.9 Å². The quantitative estimate of drug-likeness (QED) is 0.632. The molecule has 5 nitrogen and oxygen atoms in total. The Hall–Kier alpha value is -2.60. The Morgan fingerprint density at radius 2 is 1.91 bits per heavy atom. The van der Waals surface area contributed by atoms with Gasteiger partial charge in [-0.15, -0.1) is 0 Å². The molecule has 0 saturated carbocycles. The van der Waals surface area contributed by atoms with E-state index in [0.29, 0.717) is 16.6 Å². The van der Waals surface area contributed by atoms with Crippen molar-refractivity contribution in [1.82, 2.24) is 19.9 Å². The van der Waals surface area contributed by atoms with E-state index in [9.17, 15) is 4.21 Å². The van der Waals surface area contributed by atoms with Gasteiger partial charge < -0.3 is 4.98 Å². The van der Waals surface area contributed by atoms with Crippen LogP contribution in [0.1, 0.15) is 5.69 Å². The summed E-state index contributed by atoms with van der Waals surface area (Å²) in [5, 5.41) is 1.51. The summed E-state index contributed by atoms with van der Waals surface area (Å²) in [7, 11) is -1.28. The third kappa shape index (κ3) is 2.37. The van der Waals surface area contributed by atoms with Gasteiger partial charge in [0.25, 0.3) is 0 Å². The first-order valence-corrected chi connectivity index (χ1v) is 8.15. The van der Waals surface area contributed by atoms with Crippen LogP contribution in [0.3, 0.4) is 0 Å². The van der Waals surface area contributed by atoms with Gasteiger partial charge in [0.05, 0.1) is 33.3 Å². The number of aromatic amines is 1. The van der Waals surface area contributed by atoms with Crippen molar-refractivity contribution in [1.29, 1.82) is 0 Å². The highest BCUT2D eigenvalue weighted by molar-refractivity contribution is 7.84. The summed E-state index contributed by atoms with van der Waals surface area (Å²) >= 11 is 0. The smallest absolute Gasteiger partial charge is 0.199 e. The van der Waals surface area contributed by atoms with Crippen LogP contribution in [0.5, 0.6) is 0 Å². The highest BCUT2D eigenvalue weighted by Crippen LogP contribution is 2.16. The van der Waals surface area contributed by atoms with Crippen LogP contribution < -0.4 is 0 Å². The van der Waals surface area contributed by atoms with Gasteiger partial charge in [0.2, 0.25) is 0 Å². The molecule has 1 unspecified atom stereocenters. The van der Waals surface area contributed by atoms with E-state index in [2.05, 4.69) is 19.9 Å². The van der Waals surface area contributed by atoms with Gasteiger partial charge in [0.1, 0.15) is 0 Å². The average molecular weight is 308 g/mol. The molecule has 108 valence electrons. The number of nitrogens with one attached hydrogen (secondary N) is 1. The maximum Gasteiger partial charge on any atom is 0.199 e. The third-order valence-electron chi connectivity index (χ3n) is 3.39. The number of H-pyrrole nitrogens is 1. The predicted molar refractivity (Wildman–Crippen MR) is 85.7 cm³/mol. The summed E-state index contributed by atoms with van der Waals surface area (Å²) < 4.78 is 12.5. The lowest BCUT2D eigenvalue weighted by Gasteiger charge is -2.01. The largest absolute Gasteiger partial charge is 0.329 e. The van der Waals surface area contributed by atoms with E-state index >= 15 is 0 Å². The van der Waals surface area contributed by atoms with Crippen LogP contribution in [-0.2, 0) is 16.6 Å². The lowest BCUT2D eigenvalue weighted by atomic mass is 10.2. The number of fused-ring (bicyclic) bond motifs is 2. The van der Waals surface area contributed by atoms with E-state index < -0.39 is 10.8 Å². The summed E-state index contributed by atoms with van der Waals surface area (Å²) in [4.78, 5) is 16.0. The zero-order chi connectivity index (χ0) is 14.9. The van der Waals surface area contributed by atoms with Crippen LogP contribution in [0.25, 0.3) is 22.1 Å². The van der Waals surface area contributed by atoms with Crippen molar-refractivity contribution < 1.29 is 4.21 Å². The number of imidazole rings is 1. The van der Waals surface area contributed by atoms with Crippen molar-refractivity contribution >= 4 is 32.9 Å². The SMILES string of the molecule is O=S(Cc1ccc2ccccc2n1)c1nc2ncccc2[nH]1. The number of nitrogens with zero attached hydrogens (tertiary/aromatic N) is 3. The maximum absolute atomic E-state index is 12.5. The van der Waals surface area contributed by atoms with E-state index in [1.54, 1.807) is 6.20 Å². The average Bonchev–Trinajstić information content (AvgIpc) is 2.99. The first kappa shape index (κ1) is 13.1. The summed E-state index contributed by atoms with van der Waals surface area (Å²) in [6.07, 6.45) is 1.67. The van der Waals surface area contributed by atoms with Gasteiger partial charge in [-0.25, -0.2) is 9.97 Å². The molecule has 0 radical (unpaired) electrons. The number of rotatable bonds is 3. The molecule has 0 aliphatic rings. The van der Waals surface area contributed by atoms with Gasteiger partial charge in [-0.1, -0.05) is 24.3 Å². The lowest BCUT2D eigenvalue weighted by molar-refractivity contribution is 0.677. The molecule has 0 aliphatic heterocycles. The minimum atomic E-state index is -1.28. The van der Waals surface area contributed by atoms with Gasteiger partial charge in [0, 0.05) is 11.6 Å². The van der Waals surface area contributed by atoms with Crippen LogP contribution in [-0.4, -0.2) is 24.1 Å². The number of benzene rings is 1. The zero-order valence-electron chi connectivity index (χ0n) is 11.6. The van der Waals surface area contributed by atoms with Crippen molar-refractivity contribution in [3.05, 3.63) is 60.4 Å². The molecule has 0 bridgehead atoms. The van der Waals surface area contributed by atoms with Gasteiger partial charge >= 0.3 is 0 Å². The summed E-state index contributed by atoms with van der Waals surface area (Å²) in [6.45, 7) is 0. The van der Waals surface area contributed by atoms with Gasteiger partial charge in [0.15, 0.2) is 10.8 Å². The molecule has 4 rings (SSSR count). The Kier molecular flexibility index (Phi) is 3.16. The highest BCUT2D eigenvalue weighted by Gasteiger charge is 2.12. The van der Waals surface area contributed by atoms with E-state index in [1.807, 2.05) is 48.5 Å². The molecule has 0 aliphatic carbocycles. The zero-order valence-corrected chi connectivity index (χ0v) is 12.4. The van der Waals surface area contributed by atoms with Crippen LogP contribution in [0.15, 0.2) is 59.9 Å². The van der Waals surface area contributed by atoms with Crippen LogP contribution in [0, 0.1) is 0 Å². The first-order chi connectivity index (χ1) is 10.8. The molecule has 3 heterocycles. The Balaban J connectivity index is 1.64. The molecule has 4 aromatic rings. The summed E-state index contributed by atoms with van der Waals surface area (Å²) in [6, 6.07) is 15.5. The molecule has 1 N–H and O–H groups in total. The fraction of sp³-hybridized carbons (Fsp3) is 0.0625. The standard InChI is InChI=1S/C16H12N4OS/c21-22(16-19-14-6-3-9-17-15(14)20-16)10-12-8-7-11-4-1-2-5-13(11)18-12/h1-9H,10H2,(H,17,19,20). The Labute approximate surface area is 128 Å². The number of hydrogen-bond donors (Lipinski definition) is 1. The van der Waals surface area contributed by atoms with Crippen LogP contribution in [0.2, 0.25) is 0 Å². The number of pyridine rings is 2. The Morgan fingerprint density at radius 1 is 1.00 bits per heavy atom. The molecule has 0 saturated heterocycles. The Bertz CT molecular complexity index is 962. The van der Waals surface area contributed by atoms with E-state index in [4.69, 9.17) is 0 Å². The molecule has 0 fully saturated rings. The maximum atomic E-state index is 12.5. The number of aromatic nitrogens is 4. The molecule has 0 spiro atoms. The highest BCUT2D eigenvalue weighted by atomic mass is 32.2. The molecule has 3 aromatic heterocycles. The van der Waals surface area contributed by atoms with Crippen molar-refractivity contribution in [2.24, 2.45) is 0 Å². The third-order valence-corrected chi connectivity index (χ3v) is 4.57. The van der Waals surface area contributed by atoms with Gasteiger partial charge in [-0.3, -0.25) is 9.19 Å². The second-order valence-corrected chi connectivity index (χ2v) is 6.27. The molecular formula is C16H12N4OS. The number of para-hydroxylation sites is 1. The van der Waals surface area contributed by atoms with Gasteiger partial charge in [-0.2, -0.15) is 0 Å². The first-order valence-electron chi connectivity index (χ1n) is 6.83. The van der Waals surface area contributed by atoms with Crippen molar-refractivity contribution in [3.8, 4) is 0 Å². The lowest BCUT2D eigenvalue weighted by Crippen LogP contribution is -2.00. The second-order valence-electron chi connectivity index (χ2n) is 4.90. The van der Waals surface area contributed by atoms with Crippen LogP contribution >= 0.6 is 0 Å². The van der Waals surface area contributed by atoms with Gasteiger partial charge in [-0.05, 0) is 24.3 Å².